The van der Waals surface area contributed by atoms with E-state index < -0.39 is 0 Å². The van der Waals surface area contributed by atoms with Gasteiger partial charge in [0.2, 0.25) is 0 Å². The molecule has 0 unspecified atom stereocenters. The third kappa shape index (κ3) is 6.22. The number of aryl methyl sites for hydroxylation is 1. The molecule has 134 valence electrons. The van der Waals surface area contributed by atoms with Crippen LogP contribution in [0.25, 0.3) is 0 Å². The summed E-state index contributed by atoms with van der Waals surface area (Å²) in [5.41, 5.74) is 2.80. The lowest BCUT2D eigenvalue weighted by Crippen LogP contribution is -2.26. The highest BCUT2D eigenvalue weighted by Gasteiger charge is 2.15. The molecule has 0 bridgehead atoms. The topological polar surface area (TPSA) is 6.48 Å². The molecule has 24 heavy (non-hydrogen) atoms. The summed E-state index contributed by atoms with van der Waals surface area (Å²) in [5.74, 6) is 0. The lowest BCUT2D eigenvalue weighted by molar-refractivity contribution is 0.387. The predicted octanol–water partition coefficient (Wildman–Crippen LogP) is 6.33. The van der Waals surface area contributed by atoms with Crippen molar-refractivity contribution < 1.29 is 0 Å². The van der Waals surface area contributed by atoms with Crippen LogP contribution in [0.4, 0.5) is 5.69 Å². The second-order valence-corrected chi connectivity index (χ2v) is 7.03. The van der Waals surface area contributed by atoms with Crippen molar-refractivity contribution in [3.05, 3.63) is 42.2 Å². The van der Waals surface area contributed by atoms with Gasteiger partial charge in [-0.1, -0.05) is 83.4 Å². The molecule has 0 radical (unpaired) electrons. The minimum absolute atomic E-state index is 1.01. The first kappa shape index (κ1) is 18.9. The van der Waals surface area contributed by atoms with Crippen molar-refractivity contribution in [1.29, 1.82) is 0 Å². The van der Waals surface area contributed by atoms with Gasteiger partial charge in [-0.05, 0) is 24.5 Å². The van der Waals surface area contributed by atoms with Gasteiger partial charge in [0.05, 0.1) is 6.67 Å². The van der Waals surface area contributed by atoms with Gasteiger partial charge < -0.3 is 9.80 Å². The molecule has 0 atom stereocenters. The van der Waals surface area contributed by atoms with Gasteiger partial charge in [0.15, 0.2) is 0 Å². The van der Waals surface area contributed by atoms with Crippen molar-refractivity contribution in [2.75, 3.05) is 18.1 Å². The van der Waals surface area contributed by atoms with Crippen LogP contribution in [0.2, 0.25) is 0 Å². The van der Waals surface area contributed by atoms with E-state index in [1.54, 1.807) is 0 Å². The summed E-state index contributed by atoms with van der Waals surface area (Å²) >= 11 is 0. The van der Waals surface area contributed by atoms with Crippen molar-refractivity contribution in [1.82, 2.24) is 4.90 Å². The molecule has 0 aromatic heterocycles. The highest BCUT2D eigenvalue weighted by atomic mass is 15.3. The average molecular weight is 329 g/mol. The van der Waals surface area contributed by atoms with E-state index in [4.69, 9.17) is 0 Å². The van der Waals surface area contributed by atoms with E-state index in [1.165, 1.54) is 75.6 Å². The second-order valence-electron chi connectivity index (χ2n) is 7.03. The summed E-state index contributed by atoms with van der Waals surface area (Å²) in [5, 5.41) is 0. The fourth-order valence-corrected chi connectivity index (χ4v) is 3.48. The van der Waals surface area contributed by atoms with Gasteiger partial charge >= 0.3 is 0 Å². The Kier molecular flexibility index (Phi) is 8.80. The van der Waals surface area contributed by atoms with Crippen molar-refractivity contribution in [2.45, 2.75) is 78.1 Å². The summed E-state index contributed by atoms with van der Waals surface area (Å²) in [7, 11) is 0. The molecule has 2 nitrogen and oxygen atoms in total. The highest BCUT2D eigenvalue weighted by molar-refractivity contribution is 5.56. The standard InChI is InChI=1S/C22H36N2/c1-3-5-6-7-8-9-10-11-14-17-23-18-19-24(20-23)22-16-13-12-15-21(22)4-2/h12-13,15-16,18-19H,3-11,14,17,20H2,1-2H3. The minimum Gasteiger partial charge on any atom is -0.358 e. The number of unbranched alkanes of at least 4 members (excludes halogenated alkanes) is 8. The van der Waals surface area contributed by atoms with Crippen LogP contribution < -0.4 is 4.90 Å². The Morgan fingerprint density at radius 2 is 1.46 bits per heavy atom. The van der Waals surface area contributed by atoms with E-state index in [9.17, 15) is 0 Å². The first-order valence-corrected chi connectivity index (χ1v) is 10.1. The number of hydrogen-bond acceptors (Lipinski definition) is 2. The molecule has 0 saturated heterocycles. The minimum atomic E-state index is 1.01. The Labute approximate surface area is 149 Å². The lowest BCUT2D eigenvalue weighted by atomic mass is 10.1. The zero-order valence-corrected chi connectivity index (χ0v) is 15.8. The van der Waals surface area contributed by atoms with Gasteiger partial charge in [-0.25, -0.2) is 0 Å². The van der Waals surface area contributed by atoms with Crippen LogP contribution in [0.15, 0.2) is 36.7 Å². The summed E-state index contributed by atoms with van der Waals surface area (Å²) < 4.78 is 0. The van der Waals surface area contributed by atoms with E-state index >= 15 is 0 Å². The van der Waals surface area contributed by atoms with Crippen molar-refractivity contribution in [2.24, 2.45) is 0 Å². The van der Waals surface area contributed by atoms with Crippen LogP contribution in [0, 0.1) is 0 Å². The summed E-state index contributed by atoms with van der Waals surface area (Å²) in [4.78, 5) is 4.83. The SMILES string of the molecule is CCCCCCCCCCCN1C=CN(c2ccccc2CC)C1. The van der Waals surface area contributed by atoms with Crippen molar-refractivity contribution >= 4 is 5.69 Å². The van der Waals surface area contributed by atoms with E-state index in [-0.39, 0.29) is 0 Å². The molecule has 1 aliphatic rings. The van der Waals surface area contributed by atoms with Crippen molar-refractivity contribution in [3.8, 4) is 0 Å². The molecule has 2 rings (SSSR count). The Bertz CT molecular complexity index is 481. The molecule has 0 aliphatic carbocycles. The van der Waals surface area contributed by atoms with Gasteiger partial charge in [-0.3, -0.25) is 0 Å². The fourth-order valence-electron chi connectivity index (χ4n) is 3.48. The largest absolute Gasteiger partial charge is 0.358 e. The van der Waals surface area contributed by atoms with Gasteiger partial charge in [0.25, 0.3) is 0 Å². The summed E-state index contributed by atoms with van der Waals surface area (Å²) in [6.45, 7) is 6.72. The molecular formula is C22H36N2. The third-order valence-corrected chi connectivity index (χ3v) is 5.02. The Balaban J connectivity index is 1.57. The van der Waals surface area contributed by atoms with Gasteiger partial charge in [0.1, 0.15) is 0 Å². The highest BCUT2D eigenvalue weighted by Crippen LogP contribution is 2.24. The predicted molar refractivity (Wildman–Crippen MR) is 106 cm³/mol. The van der Waals surface area contributed by atoms with Crippen LogP contribution >= 0.6 is 0 Å². The van der Waals surface area contributed by atoms with Crippen LogP contribution in [0.5, 0.6) is 0 Å². The number of nitrogens with zero attached hydrogens (tertiary/aromatic N) is 2. The van der Waals surface area contributed by atoms with Crippen LogP contribution in [-0.4, -0.2) is 18.1 Å². The number of rotatable bonds is 12. The molecule has 0 fully saturated rings. The average Bonchev–Trinajstić information content (AvgIpc) is 3.09. The van der Waals surface area contributed by atoms with E-state index in [0.717, 1.165) is 13.1 Å². The van der Waals surface area contributed by atoms with Crippen LogP contribution in [0.3, 0.4) is 0 Å². The van der Waals surface area contributed by atoms with Gasteiger partial charge in [-0.15, -0.1) is 0 Å². The third-order valence-electron chi connectivity index (χ3n) is 5.02. The van der Waals surface area contributed by atoms with Crippen LogP contribution in [-0.2, 0) is 6.42 Å². The lowest BCUT2D eigenvalue weighted by Gasteiger charge is -2.23. The molecular weight excluding hydrogens is 292 g/mol. The number of benzene rings is 1. The maximum atomic E-state index is 2.45. The first-order valence-electron chi connectivity index (χ1n) is 10.1. The Morgan fingerprint density at radius 3 is 2.17 bits per heavy atom. The summed E-state index contributed by atoms with van der Waals surface area (Å²) in [6, 6.07) is 8.77. The molecule has 0 N–H and O–H groups in total. The molecule has 0 saturated carbocycles. The molecule has 1 aromatic rings. The smallest absolute Gasteiger partial charge is 0.0941 e. The second kappa shape index (κ2) is 11.2. The zero-order valence-electron chi connectivity index (χ0n) is 15.8. The normalized spacial score (nSPS) is 13.9. The zero-order chi connectivity index (χ0) is 17.0. The monoisotopic (exact) mass is 328 g/mol. The molecule has 1 heterocycles. The quantitative estimate of drug-likeness (QED) is 0.414. The van der Waals surface area contributed by atoms with Gasteiger partial charge in [-0.2, -0.15) is 0 Å². The number of hydrogen-bond donors (Lipinski definition) is 0. The fraction of sp³-hybridized carbons (Fsp3) is 0.636. The molecule has 1 aliphatic heterocycles. The summed E-state index contributed by atoms with van der Waals surface area (Å²) in [6.07, 6.45) is 18.2. The molecule has 0 spiro atoms. The maximum absolute atomic E-state index is 2.45. The number of anilines is 1. The van der Waals surface area contributed by atoms with Crippen LogP contribution in [0.1, 0.15) is 77.2 Å². The van der Waals surface area contributed by atoms with E-state index in [1.807, 2.05) is 0 Å². The Hall–Kier alpha value is -1.44. The maximum Gasteiger partial charge on any atom is 0.0941 e. The Morgan fingerprint density at radius 1 is 0.792 bits per heavy atom. The van der Waals surface area contributed by atoms with E-state index in [0.29, 0.717) is 0 Å². The van der Waals surface area contributed by atoms with E-state index in [2.05, 4.69) is 60.3 Å². The first-order chi connectivity index (χ1) is 11.8. The van der Waals surface area contributed by atoms with Gasteiger partial charge in [0, 0.05) is 24.6 Å². The number of para-hydroxylation sites is 1. The molecule has 1 aromatic carbocycles. The molecule has 2 heteroatoms. The van der Waals surface area contributed by atoms with Crippen molar-refractivity contribution in [3.63, 3.8) is 0 Å². The molecule has 0 amide bonds.